The zero-order valence-electron chi connectivity index (χ0n) is 21.7. The number of nitrogens with one attached hydrogen (secondary N) is 1. The van der Waals surface area contributed by atoms with Gasteiger partial charge in [0.25, 0.3) is 20.2 Å². The van der Waals surface area contributed by atoms with Gasteiger partial charge in [-0.05, 0) is 59.6 Å². The zero-order chi connectivity index (χ0) is 32.9. The van der Waals surface area contributed by atoms with Crippen LogP contribution in [0.4, 0.5) is 45.8 Å². The van der Waals surface area contributed by atoms with E-state index in [0.29, 0.717) is 12.0 Å². The van der Waals surface area contributed by atoms with E-state index >= 15 is 0 Å². The fourth-order valence-electron chi connectivity index (χ4n) is 3.34. The standard InChI is InChI=1S/C21H16Cl2N10O9S3/c22-19-27-20(23)29-21(28-19)26-9-5-6-13(43-42-41-34)11(7-9)31-33-18-16(24)12(8-15(17(18)25)45(38,39)40)32-30-10-3-1-2-4-14(10)44(35,36)37/h1-8,34H,24-25H2,(H,35,36,37)(H,38,39,40)(H,26,27,28,29). The first-order chi connectivity index (χ1) is 21.2. The summed E-state index contributed by atoms with van der Waals surface area (Å²) in [6.07, 6.45) is 0. The number of nitrogens with two attached hydrogens (primary N) is 2. The van der Waals surface area contributed by atoms with Gasteiger partial charge < -0.3 is 16.8 Å². The van der Waals surface area contributed by atoms with E-state index in [-0.39, 0.29) is 38.5 Å². The average molecular weight is 720 g/mol. The van der Waals surface area contributed by atoms with Crippen LogP contribution in [0.25, 0.3) is 0 Å². The van der Waals surface area contributed by atoms with Crippen molar-refractivity contribution >= 4 is 101 Å². The average Bonchev–Trinajstić information content (AvgIpc) is 2.94. The molecule has 1 aromatic heterocycles. The Morgan fingerprint density at radius 1 is 0.778 bits per heavy atom. The second kappa shape index (κ2) is 13.9. The van der Waals surface area contributed by atoms with E-state index in [1.807, 2.05) is 0 Å². The van der Waals surface area contributed by atoms with Gasteiger partial charge in [-0.3, -0.25) is 9.11 Å². The van der Waals surface area contributed by atoms with Crippen molar-refractivity contribution in [3.63, 3.8) is 0 Å². The molecule has 0 fully saturated rings. The molecular weight excluding hydrogens is 703 g/mol. The first kappa shape index (κ1) is 33.8. The molecule has 0 unspecified atom stereocenters. The Bertz CT molecular complexity index is 2030. The first-order valence-corrected chi connectivity index (χ1v) is 15.8. The Kier molecular flexibility index (Phi) is 10.4. The molecule has 0 aliphatic rings. The highest BCUT2D eigenvalue weighted by Gasteiger charge is 2.23. The normalized spacial score (nSPS) is 12.3. The van der Waals surface area contributed by atoms with Crippen LogP contribution in [-0.2, 0) is 29.6 Å². The minimum atomic E-state index is -5.00. The maximum absolute atomic E-state index is 12.1. The summed E-state index contributed by atoms with van der Waals surface area (Å²) in [7, 11) is -9.71. The summed E-state index contributed by atoms with van der Waals surface area (Å²) < 4.78 is 71.4. The van der Waals surface area contributed by atoms with Crippen LogP contribution in [0.1, 0.15) is 0 Å². The molecule has 0 bridgehead atoms. The number of aromatic nitrogens is 3. The molecule has 0 spiro atoms. The molecule has 0 radical (unpaired) electrons. The van der Waals surface area contributed by atoms with Crippen molar-refractivity contribution < 1.29 is 40.6 Å². The van der Waals surface area contributed by atoms with Crippen LogP contribution >= 0.6 is 35.2 Å². The molecule has 4 rings (SSSR count). The number of rotatable bonds is 11. The number of nitrogen functional groups attached to an aromatic ring is 2. The van der Waals surface area contributed by atoms with Crippen LogP contribution in [0.2, 0.25) is 10.6 Å². The molecule has 0 aliphatic heterocycles. The zero-order valence-corrected chi connectivity index (χ0v) is 25.6. The van der Waals surface area contributed by atoms with Gasteiger partial charge in [0.05, 0.1) is 28.3 Å². The van der Waals surface area contributed by atoms with Gasteiger partial charge in [0, 0.05) is 5.69 Å². The van der Waals surface area contributed by atoms with Gasteiger partial charge in [0.15, 0.2) is 0 Å². The molecule has 1 heterocycles. The van der Waals surface area contributed by atoms with Crippen molar-refractivity contribution in [2.75, 3.05) is 16.8 Å². The van der Waals surface area contributed by atoms with E-state index in [4.69, 9.17) is 39.9 Å². The highest BCUT2D eigenvalue weighted by Crippen LogP contribution is 2.44. The molecule has 0 atom stereocenters. The second-order valence-electron chi connectivity index (χ2n) is 8.12. The lowest BCUT2D eigenvalue weighted by Crippen LogP contribution is -2.05. The smallest absolute Gasteiger partial charge is 0.296 e. The third-order valence-electron chi connectivity index (χ3n) is 5.21. The molecule has 3 aromatic carbocycles. The lowest BCUT2D eigenvalue weighted by Gasteiger charge is -2.11. The quantitative estimate of drug-likeness (QED) is 0.0265. The molecular formula is C21H16Cl2N10O9S3. The van der Waals surface area contributed by atoms with Crippen molar-refractivity contribution in [2.45, 2.75) is 14.7 Å². The predicted molar refractivity (Wildman–Crippen MR) is 160 cm³/mol. The molecule has 19 nitrogen and oxygen atoms in total. The van der Waals surface area contributed by atoms with Gasteiger partial charge in [-0.25, -0.2) is 5.26 Å². The van der Waals surface area contributed by atoms with Crippen LogP contribution in [0, 0.1) is 0 Å². The van der Waals surface area contributed by atoms with Crippen LogP contribution < -0.4 is 16.8 Å². The van der Waals surface area contributed by atoms with Crippen LogP contribution in [0.5, 0.6) is 0 Å². The molecule has 0 saturated heterocycles. The fraction of sp³-hybridized carbons (Fsp3) is 0. The largest absolute Gasteiger partial charge is 0.396 e. The van der Waals surface area contributed by atoms with Crippen molar-refractivity contribution in [1.29, 1.82) is 0 Å². The summed E-state index contributed by atoms with van der Waals surface area (Å²) >= 11 is 12.1. The Balaban J connectivity index is 1.82. The summed E-state index contributed by atoms with van der Waals surface area (Å²) in [6.45, 7) is 0. The summed E-state index contributed by atoms with van der Waals surface area (Å²) in [5.74, 6) is -0.0434. The van der Waals surface area contributed by atoms with E-state index in [2.05, 4.69) is 50.1 Å². The molecule has 236 valence electrons. The number of azo groups is 2. The number of benzene rings is 3. The summed E-state index contributed by atoms with van der Waals surface area (Å²) in [6, 6.07) is 10.0. The summed E-state index contributed by atoms with van der Waals surface area (Å²) in [4.78, 5) is 10.1. The first-order valence-electron chi connectivity index (χ1n) is 11.4. The molecule has 4 aromatic rings. The van der Waals surface area contributed by atoms with Gasteiger partial charge in [0.1, 0.15) is 32.5 Å². The van der Waals surface area contributed by atoms with Gasteiger partial charge in [-0.2, -0.15) is 31.8 Å². The fourth-order valence-corrected chi connectivity index (χ4v) is 5.38. The predicted octanol–water partition coefficient (Wildman–Crippen LogP) is 5.84. The SMILES string of the molecule is Nc1c(N=Nc2ccccc2S(=O)(=O)O)cc(S(=O)(=O)O)c(N)c1N=Nc1cc(Nc2nc(Cl)nc(Cl)n2)ccc1SOOO. The van der Waals surface area contributed by atoms with Crippen molar-refractivity contribution in [3.8, 4) is 0 Å². The van der Waals surface area contributed by atoms with Crippen LogP contribution in [0.15, 0.2) is 83.7 Å². The van der Waals surface area contributed by atoms with Crippen LogP contribution in [0.3, 0.4) is 0 Å². The Morgan fingerprint density at radius 3 is 2.04 bits per heavy atom. The maximum Gasteiger partial charge on any atom is 0.296 e. The minimum Gasteiger partial charge on any atom is -0.396 e. The minimum absolute atomic E-state index is 0.0189. The maximum atomic E-state index is 12.1. The highest BCUT2D eigenvalue weighted by molar-refractivity contribution is 7.94. The van der Waals surface area contributed by atoms with Gasteiger partial charge in [-0.15, -0.1) is 24.8 Å². The van der Waals surface area contributed by atoms with E-state index in [1.54, 1.807) is 0 Å². The highest BCUT2D eigenvalue weighted by atomic mass is 35.5. The molecule has 0 saturated carbocycles. The summed E-state index contributed by atoms with van der Waals surface area (Å²) in [5.41, 5.74) is 10.1. The number of hydrogen-bond acceptors (Lipinski definition) is 18. The van der Waals surface area contributed by atoms with Crippen molar-refractivity contribution in [2.24, 2.45) is 20.5 Å². The third-order valence-corrected chi connectivity index (χ3v) is 8.00. The van der Waals surface area contributed by atoms with Gasteiger partial charge >= 0.3 is 0 Å². The molecule has 8 N–H and O–H groups in total. The van der Waals surface area contributed by atoms with Gasteiger partial charge in [0.2, 0.25) is 16.5 Å². The Hall–Kier alpha value is -4.10. The molecule has 24 heteroatoms. The number of anilines is 4. The van der Waals surface area contributed by atoms with E-state index in [1.165, 1.54) is 36.4 Å². The molecule has 0 amide bonds. The number of nitrogens with zero attached hydrogens (tertiary/aromatic N) is 7. The number of hydrogen-bond donors (Lipinski definition) is 6. The molecule has 45 heavy (non-hydrogen) atoms. The number of halogens is 2. The lowest BCUT2D eigenvalue weighted by molar-refractivity contribution is -0.432. The van der Waals surface area contributed by atoms with E-state index < -0.39 is 52.8 Å². The van der Waals surface area contributed by atoms with Crippen molar-refractivity contribution in [3.05, 3.63) is 59.1 Å². The lowest BCUT2D eigenvalue weighted by atomic mass is 10.2. The van der Waals surface area contributed by atoms with Crippen LogP contribution in [-0.4, -0.2) is 46.2 Å². The summed E-state index contributed by atoms with van der Waals surface area (Å²) in [5, 5.41) is 30.1. The second-order valence-corrected chi connectivity index (χ2v) is 12.3. The monoisotopic (exact) mass is 718 g/mol. The van der Waals surface area contributed by atoms with Crippen molar-refractivity contribution in [1.82, 2.24) is 15.0 Å². The third kappa shape index (κ3) is 8.54. The Morgan fingerprint density at radius 2 is 1.40 bits per heavy atom. The molecule has 0 aliphatic carbocycles. The Labute approximate surface area is 266 Å². The topological polar surface area (TPSA) is 300 Å². The van der Waals surface area contributed by atoms with E-state index in [9.17, 15) is 25.9 Å². The van der Waals surface area contributed by atoms with Gasteiger partial charge in [-0.1, -0.05) is 17.2 Å². The van der Waals surface area contributed by atoms with E-state index in [0.717, 1.165) is 12.1 Å².